The summed E-state index contributed by atoms with van der Waals surface area (Å²) in [5.41, 5.74) is 3.66. The average molecular weight is 647 g/mol. The summed E-state index contributed by atoms with van der Waals surface area (Å²) in [6.45, 7) is 14.0. The maximum absolute atomic E-state index is 13.5. The molecule has 0 fully saturated rings. The van der Waals surface area contributed by atoms with Crippen molar-refractivity contribution in [2.24, 2.45) is 11.8 Å². The van der Waals surface area contributed by atoms with Crippen molar-refractivity contribution in [1.29, 1.82) is 0 Å². The van der Waals surface area contributed by atoms with Crippen LogP contribution in [0.25, 0.3) is 20.8 Å². The number of nitrogens with zero attached hydrogens (tertiary/aromatic N) is 3. The van der Waals surface area contributed by atoms with E-state index in [9.17, 15) is 13.2 Å². The van der Waals surface area contributed by atoms with Crippen molar-refractivity contribution < 1.29 is 13.2 Å². The predicted octanol–water partition coefficient (Wildman–Crippen LogP) is 7.38. The van der Waals surface area contributed by atoms with Gasteiger partial charge in [0.2, 0.25) is 10.0 Å². The number of likely N-dealkylation sites (N-methyl/N-ethyl adjacent to an activating group) is 1. The van der Waals surface area contributed by atoms with Gasteiger partial charge in [0.25, 0.3) is 5.91 Å². The number of thiazole rings is 1. The smallest absolute Gasteiger partial charge is 0.256 e. The first kappa shape index (κ1) is 32.6. The summed E-state index contributed by atoms with van der Waals surface area (Å²) in [7, 11) is -3.67. The number of carbonyl (C=O) groups is 1. The molecule has 226 valence electrons. The first-order chi connectivity index (χ1) is 19.6. The van der Waals surface area contributed by atoms with Crippen molar-refractivity contribution in [1.82, 2.24) is 14.2 Å². The van der Waals surface area contributed by atoms with E-state index in [0.29, 0.717) is 18.7 Å². The third kappa shape index (κ3) is 6.90. The quantitative estimate of drug-likeness (QED) is 0.194. The largest absolute Gasteiger partial charge is 0.313 e. The fourth-order valence-corrected chi connectivity index (χ4v) is 9.37. The van der Waals surface area contributed by atoms with Crippen LogP contribution in [0, 0.1) is 11.8 Å². The molecule has 0 atom stereocenters. The van der Waals surface area contributed by atoms with Gasteiger partial charge in [-0.05, 0) is 66.8 Å². The molecule has 1 aliphatic rings. The number of benzene rings is 2. The minimum absolute atomic E-state index is 0. The second kappa shape index (κ2) is 13.5. The molecule has 1 aliphatic heterocycles. The van der Waals surface area contributed by atoms with Crippen LogP contribution in [0.2, 0.25) is 0 Å². The van der Waals surface area contributed by atoms with Gasteiger partial charge >= 0.3 is 0 Å². The van der Waals surface area contributed by atoms with Crippen LogP contribution in [-0.2, 0) is 23.0 Å². The molecule has 0 aliphatic carbocycles. The summed E-state index contributed by atoms with van der Waals surface area (Å²) in [6, 6.07) is 14.4. The van der Waals surface area contributed by atoms with Gasteiger partial charge in [0.05, 0.1) is 15.1 Å². The molecule has 1 N–H and O–H groups in total. The molecule has 0 saturated heterocycles. The Balaban J connectivity index is 0.00000405. The number of para-hydroxylation sites is 1. The number of hydrogen-bond acceptors (Lipinski definition) is 7. The predicted molar refractivity (Wildman–Crippen MR) is 178 cm³/mol. The van der Waals surface area contributed by atoms with E-state index in [-0.39, 0.29) is 35.0 Å². The molecule has 0 unspecified atom stereocenters. The Hall–Kier alpha value is -2.34. The molecule has 1 amide bonds. The lowest BCUT2D eigenvalue weighted by atomic mass is 10.0. The Kier molecular flexibility index (Phi) is 10.5. The molecular formula is C31H39ClN4O3S3. The lowest BCUT2D eigenvalue weighted by Gasteiger charge is -2.25. The highest BCUT2D eigenvalue weighted by Gasteiger charge is 2.29. The summed E-state index contributed by atoms with van der Waals surface area (Å²) < 4.78 is 29.5. The van der Waals surface area contributed by atoms with Crippen LogP contribution in [0.15, 0.2) is 53.4 Å². The Morgan fingerprint density at radius 3 is 2.31 bits per heavy atom. The van der Waals surface area contributed by atoms with E-state index < -0.39 is 10.0 Å². The molecule has 0 radical (unpaired) electrons. The Morgan fingerprint density at radius 1 is 1.02 bits per heavy atom. The van der Waals surface area contributed by atoms with E-state index in [1.54, 1.807) is 51.2 Å². The van der Waals surface area contributed by atoms with Crippen molar-refractivity contribution in [2.75, 3.05) is 31.5 Å². The average Bonchev–Trinajstić information content (AvgIpc) is 3.52. The number of fused-ring (bicyclic) bond motifs is 2. The number of thiophene rings is 1. The van der Waals surface area contributed by atoms with Crippen molar-refractivity contribution >= 4 is 66.2 Å². The second-order valence-electron chi connectivity index (χ2n) is 11.4. The van der Waals surface area contributed by atoms with Gasteiger partial charge in [-0.15, -0.1) is 35.1 Å². The van der Waals surface area contributed by atoms with Crippen molar-refractivity contribution in [3.63, 3.8) is 0 Å². The minimum atomic E-state index is -3.67. The monoisotopic (exact) mass is 646 g/mol. The molecule has 0 saturated carbocycles. The summed E-state index contributed by atoms with van der Waals surface area (Å²) in [5.74, 6) is 0.155. The number of amides is 1. The lowest BCUT2D eigenvalue weighted by molar-refractivity contribution is 0.102. The zero-order chi connectivity index (χ0) is 29.3. The van der Waals surface area contributed by atoms with Crippen LogP contribution >= 0.6 is 35.1 Å². The summed E-state index contributed by atoms with van der Waals surface area (Å²) in [5, 5.41) is 4.88. The molecular weight excluding hydrogens is 608 g/mol. The van der Waals surface area contributed by atoms with Crippen LogP contribution in [0.4, 0.5) is 5.00 Å². The standard InChI is InChI=1S/C31H38N4O3S3.ClH/c1-6-34-16-15-24-27(19-34)40-31(28(24)30-32-25-9-7-8-10-26(25)39-30)33-29(36)22-11-13-23(14-12-22)41(37,38)35(17-20(2)3)18-21(4)5;/h7-14,20-21H,6,15-19H2,1-5H3,(H,33,36);1H. The van der Waals surface area contributed by atoms with Gasteiger partial charge < -0.3 is 5.32 Å². The van der Waals surface area contributed by atoms with E-state index in [1.807, 2.05) is 45.9 Å². The van der Waals surface area contributed by atoms with Crippen LogP contribution in [0.5, 0.6) is 0 Å². The van der Waals surface area contributed by atoms with E-state index in [2.05, 4.69) is 23.2 Å². The van der Waals surface area contributed by atoms with Crippen LogP contribution in [0.1, 0.15) is 55.4 Å². The molecule has 42 heavy (non-hydrogen) atoms. The number of halogens is 1. The molecule has 2 aromatic carbocycles. The Bertz CT molecular complexity index is 1600. The maximum atomic E-state index is 13.5. The van der Waals surface area contributed by atoms with Crippen molar-refractivity contribution in [3.05, 3.63) is 64.5 Å². The molecule has 0 spiro atoms. The van der Waals surface area contributed by atoms with Crippen LogP contribution in [-0.4, -0.2) is 54.7 Å². The Morgan fingerprint density at radius 2 is 1.69 bits per heavy atom. The second-order valence-corrected chi connectivity index (χ2v) is 15.5. The van der Waals surface area contributed by atoms with Crippen molar-refractivity contribution in [3.8, 4) is 10.6 Å². The van der Waals surface area contributed by atoms with Crippen LogP contribution in [0.3, 0.4) is 0 Å². The lowest BCUT2D eigenvalue weighted by Crippen LogP contribution is -2.37. The molecule has 4 aromatic rings. The van der Waals surface area contributed by atoms with Gasteiger partial charge in [0.15, 0.2) is 0 Å². The third-order valence-electron chi connectivity index (χ3n) is 7.21. The normalized spacial score (nSPS) is 14.0. The van der Waals surface area contributed by atoms with Crippen molar-refractivity contribution in [2.45, 2.75) is 52.5 Å². The zero-order valence-corrected chi connectivity index (χ0v) is 28.0. The van der Waals surface area contributed by atoms with Gasteiger partial charge in [0.1, 0.15) is 10.0 Å². The molecule has 5 rings (SSSR count). The fraction of sp³-hybridized carbons (Fsp3) is 0.419. The van der Waals surface area contributed by atoms with Gasteiger partial charge in [-0.3, -0.25) is 9.69 Å². The number of aromatic nitrogens is 1. The summed E-state index contributed by atoms with van der Waals surface area (Å²) >= 11 is 3.27. The summed E-state index contributed by atoms with van der Waals surface area (Å²) in [6.07, 6.45) is 0.913. The third-order valence-corrected chi connectivity index (χ3v) is 11.2. The number of nitrogens with one attached hydrogen (secondary N) is 1. The molecule has 0 bridgehead atoms. The molecule has 2 aromatic heterocycles. The van der Waals surface area contributed by atoms with Gasteiger partial charge in [-0.25, -0.2) is 13.4 Å². The van der Waals surface area contributed by atoms with E-state index in [1.165, 1.54) is 10.4 Å². The van der Waals surface area contributed by atoms with Gasteiger partial charge in [-0.2, -0.15) is 4.31 Å². The molecule has 3 heterocycles. The number of hydrogen-bond donors (Lipinski definition) is 1. The van der Waals surface area contributed by atoms with Gasteiger partial charge in [0, 0.05) is 42.2 Å². The molecule has 11 heteroatoms. The maximum Gasteiger partial charge on any atom is 0.256 e. The fourth-order valence-electron chi connectivity index (χ4n) is 5.21. The topological polar surface area (TPSA) is 82.6 Å². The number of carbonyl (C=O) groups excluding carboxylic acids is 1. The van der Waals surface area contributed by atoms with Crippen LogP contribution < -0.4 is 5.32 Å². The highest BCUT2D eigenvalue weighted by atomic mass is 35.5. The van der Waals surface area contributed by atoms with E-state index in [0.717, 1.165) is 51.8 Å². The highest BCUT2D eigenvalue weighted by Crippen LogP contribution is 2.45. The highest BCUT2D eigenvalue weighted by molar-refractivity contribution is 7.89. The minimum Gasteiger partial charge on any atom is -0.313 e. The number of rotatable bonds is 10. The SMILES string of the molecule is CCN1CCc2c(sc(NC(=O)c3ccc(S(=O)(=O)N(CC(C)C)CC(C)C)cc3)c2-c2nc3ccccc3s2)C1.Cl. The molecule has 7 nitrogen and oxygen atoms in total. The zero-order valence-electron chi connectivity index (χ0n) is 24.7. The number of sulfonamides is 1. The van der Waals surface area contributed by atoms with E-state index in [4.69, 9.17) is 4.98 Å². The number of anilines is 1. The van der Waals surface area contributed by atoms with Gasteiger partial charge in [-0.1, -0.05) is 46.8 Å². The van der Waals surface area contributed by atoms with E-state index >= 15 is 0 Å². The Labute approximate surface area is 263 Å². The summed E-state index contributed by atoms with van der Waals surface area (Å²) in [4.78, 5) is 22.3. The first-order valence-corrected chi connectivity index (χ1v) is 17.3. The first-order valence-electron chi connectivity index (χ1n) is 14.2.